The molecule has 0 spiro atoms. The van der Waals surface area contributed by atoms with E-state index in [1.165, 1.54) is 27.1 Å². The van der Waals surface area contributed by atoms with Crippen LogP contribution in [0.4, 0.5) is 0 Å². The molecule has 0 aliphatic rings. The number of thioether (sulfide) groups is 1. The maximum absolute atomic E-state index is 2.24. The first-order valence-electron chi connectivity index (χ1n) is 10.2. The van der Waals surface area contributed by atoms with Gasteiger partial charge in [-0.15, -0.1) is 11.8 Å². The van der Waals surface area contributed by atoms with Crippen molar-refractivity contribution in [1.29, 1.82) is 0 Å². The van der Waals surface area contributed by atoms with Crippen LogP contribution in [0.5, 0.6) is 0 Å². The van der Waals surface area contributed by atoms with Gasteiger partial charge in [0.05, 0.1) is 5.25 Å². The lowest BCUT2D eigenvalue weighted by atomic mass is 10.0. The molecule has 0 saturated carbocycles. The lowest BCUT2D eigenvalue weighted by Gasteiger charge is -2.16. The standard InChI is InChI=1S/C28H25S2/c1-5-13-23(14-6-1)27(24-15-7-2-8-16-24)29-21-22-30-28(25-17-9-3-10-18-25)26-19-11-4-12-20-26/h1-20,27H,21-22H2/q+1. The van der Waals surface area contributed by atoms with Crippen LogP contribution in [0.1, 0.15) is 27.5 Å². The second-order valence-corrected chi connectivity index (χ2v) is 9.30. The van der Waals surface area contributed by atoms with Crippen LogP contribution in [0.25, 0.3) is 0 Å². The molecule has 4 aromatic rings. The number of hydrogen-bond acceptors (Lipinski definition) is 1. The molecule has 0 fully saturated rings. The van der Waals surface area contributed by atoms with Crippen LogP contribution >= 0.6 is 11.8 Å². The van der Waals surface area contributed by atoms with E-state index < -0.39 is 0 Å². The Morgan fingerprint density at radius 1 is 0.567 bits per heavy atom. The van der Waals surface area contributed by atoms with Gasteiger partial charge in [-0.25, -0.2) is 0 Å². The van der Waals surface area contributed by atoms with E-state index in [2.05, 4.69) is 121 Å². The van der Waals surface area contributed by atoms with Gasteiger partial charge in [-0.1, -0.05) is 97.1 Å². The third-order valence-electron chi connectivity index (χ3n) is 4.89. The Hall–Kier alpha value is -2.68. The molecule has 4 rings (SSSR count). The maximum atomic E-state index is 2.24. The van der Waals surface area contributed by atoms with Crippen LogP contribution in [0, 0.1) is 0 Å². The quantitative estimate of drug-likeness (QED) is 0.129. The predicted molar refractivity (Wildman–Crippen MR) is 136 cm³/mol. The molecule has 2 heteroatoms. The first-order valence-corrected chi connectivity index (χ1v) is 12.3. The first-order chi connectivity index (χ1) is 14.9. The van der Waals surface area contributed by atoms with E-state index in [9.17, 15) is 0 Å². The summed E-state index contributed by atoms with van der Waals surface area (Å²) in [5.74, 6) is 2.16. The second-order valence-electron chi connectivity index (χ2n) is 6.98. The summed E-state index contributed by atoms with van der Waals surface area (Å²) in [5.41, 5.74) is 5.32. The largest absolute Gasteiger partial charge is 0.238 e. The number of rotatable bonds is 8. The average molecular weight is 426 g/mol. The highest BCUT2D eigenvalue weighted by Crippen LogP contribution is 2.35. The SMILES string of the molecule is c1ccc(C(=[S+]CCSC(c2ccccc2)c2ccccc2)c2ccccc2)cc1. The van der Waals surface area contributed by atoms with Gasteiger partial charge in [-0.2, -0.15) is 0 Å². The molecule has 0 N–H and O–H groups in total. The third-order valence-corrected chi connectivity index (χ3v) is 7.64. The van der Waals surface area contributed by atoms with Crippen molar-refractivity contribution < 1.29 is 0 Å². The second kappa shape index (κ2) is 10.9. The van der Waals surface area contributed by atoms with Crippen molar-refractivity contribution in [2.75, 3.05) is 11.5 Å². The molecule has 0 saturated heterocycles. The van der Waals surface area contributed by atoms with Crippen LogP contribution < -0.4 is 0 Å². The minimum Gasteiger partial charge on any atom is -0.143 e. The molecule has 0 atom stereocenters. The summed E-state index contributed by atoms with van der Waals surface area (Å²) in [4.78, 5) is 1.35. The molecule has 4 aromatic carbocycles. The van der Waals surface area contributed by atoms with Crippen molar-refractivity contribution in [3.05, 3.63) is 144 Å². The lowest BCUT2D eigenvalue weighted by Crippen LogP contribution is -2.07. The van der Waals surface area contributed by atoms with Crippen molar-refractivity contribution in [1.82, 2.24) is 0 Å². The van der Waals surface area contributed by atoms with Gasteiger partial charge in [0.2, 0.25) is 4.86 Å². The Morgan fingerprint density at radius 3 is 1.40 bits per heavy atom. The van der Waals surface area contributed by atoms with Gasteiger partial charge in [0, 0.05) is 16.9 Å². The van der Waals surface area contributed by atoms with Crippen molar-refractivity contribution in [2.45, 2.75) is 5.25 Å². The van der Waals surface area contributed by atoms with Gasteiger partial charge < -0.3 is 0 Å². The third kappa shape index (κ3) is 5.47. The smallest absolute Gasteiger partial charge is 0.143 e. The minimum absolute atomic E-state index is 0.366. The molecule has 148 valence electrons. The average Bonchev–Trinajstić information content (AvgIpc) is 2.84. The number of benzene rings is 4. The molecular formula is C28H25S2+. The van der Waals surface area contributed by atoms with Gasteiger partial charge in [-0.05, 0) is 35.4 Å². The normalized spacial score (nSPS) is 10.7. The highest BCUT2D eigenvalue weighted by atomic mass is 32.2. The molecule has 0 aliphatic carbocycles. The summed E-state index contributed by atoms with van der Waals surface area (Å²) in [7, 11) is 0. The van der Waals surface area contributed by atoms with Crippen LogP contribution in [0.3, 0.4) is 0 Å². The Kier molecular flexibility index (Phi) is 7.49. The van der Waals surface area contributed by atoms with E-state index in [1.807, 2.05) is 23.1 Å². The molecule has 0 aromatic heterocycles. The van der Waals surface area contributed by atoms with Crippen LogP contribution in [0.2, 0.25) is 0 Å². The summed E-state index contributed by atoms with van der Waals surface area (Å²) in [5, 5.41) is 0.366. The van der Waals surface area contributed by atoms with E-state index in [4.69, 9.17) is 0 Å². The molecule has 0 heterocycles. The number of hydrogen-bond donors (Lipinski definition) is 0. The zero-order valence-corrected chi connectivity index (χ0v) is 18.5. The highest BCUT2D eigenvalue weighted by molar-refractivity contribution is 8.00. The summed E-state index contributed by atoms with van der Waals surface area (Å²) in [6.45, 7) is 0. The fraction of sp³-hybridized carbons (Fsp3) is 0.107. The highest BCUT2D eigenvalue weighted by Gasteiger charge is 2.18. The zero-order valence-electron chi connectivity index (χ0n) is 16.9. The summed E-state index contributed by atoms with van der Waals surface area (Å²) >= 11 is 3.98. The Balaban J connectivity index is 1.52. The minimum atomic E-state index is 0.366. The lowest BCUT2D eigenvalue weighted by molar-refractivity contribution is 1.15. The van der Waals surface area contributed by atoms with Gasteiger partial charge in [0.25, 0.3) is 0 Å². The predicted octanol–water partition coefficient (Wildman–Crippen LogP) is 6.86. The van der Waals surface area contributed by atoms with Gasteiger partial charge in [0.1, 0.15) is 0 Å². The molecule has 0 aliphatic heterocycles. The van der Waals surface area contributed by atoms with Crippen molar-refractivity contribution in [3.8, 4) is 0 Å². The molecule has 0 unspecified atom stereocenters. The first kappa shape index (κ1) is 20.6. The Labute approximate surface area is 188 Å². The van der Waals surface area contributed by atoms with Gasteiger partial charge >= 0.3 is 0 Å². The Bertz CT molecular complexity index is 962. The van der Waals surface area contributed by atoms with Crippen molar-refractivity contribution in [2.24, 2.45) is 0 Å². The van der Waals surface area contributed by atoms with E-state index in [0.29, 0.717) is 5.25 Å². The molecule has 30 heavy (non-hydrogen) atoms. The van der Waals surface area contributed by atoms with E-state index >= 15 is 0 Å². The fourth-order valence-electron chi connectivity index (χ4n) is 3.46. The monoisotopic (exact) mass is 425 g/mol. The Morgan fingerprint density at radius 2 is 0.967 bits per heavy atom. The summed E-state index contributed by atoms with van der Waals surface area (Å²) in [6, 6.07) is 43.2. The van der Waals surface area contributed by atoms with E-state index in [-0.39, 0.29) is 0 Å². The van der Waals surface area contributed by atoms with Crippen molar-refractivity contribution in [3.63, 3.8) is 0 Å². The molecule has 0 bridgehead atoms. The summed E-state index contributed by atoms with van der Waals surface area (Å²) < 4.78 is 0. The maximum Gasteiger partial charge on any atom is 0.238 e. The fourth-order valence-corrected chi connectivity index (χ4v) is 5.93. The van der Waals surface area contributed by atoms with E-state index in [1.54, 1.807) is 0 Å². The van der Waals surface area contributed by atoms with Crippen molar-refractivity contribution >= 4 is 28.0 Å². The van der Waals surface area contributed by atoms with Gasteiger partial charge in [-0.3, -0.25) is 0 Å². The van der Waals surface area contributed by atoms with Crippen LogP contribution in [-0.4, -0.2) is 16.4 Å². The van der Waals surface area contributed by atoms with Crippen LogP contribution in [-0.2, 0) is 11.4 Å². The summed E-state index contributed by atoms with van der Waals surface area (Å²) in [6.07, 6.45) is 0. The molecule has 0 amide bonds. The van der Waals surface area contributed by atoms with E-state index in [0.717, 1.165) is 11.5 Å². The molecular weight excluding hydrogens is 400 g/mol. The zero-order chi connectivity index (χ0) is 20.4. The molecule has 0 radical (unpaired) electrons. The topological polar surface area (TPSA) is 0 Å². The van der Waals surface area contributed by atoms with Crippen LogP contribution in [0.15, 0.2) is 121 Å². The van der Waals surface area contributed by atoms with Gasteiger partial charge in [0.15, 0.2) is 17.1 Å². The molecule has 0 nitrogen and oxygen atoms in total.